The fraction of sp³-hybridized carbons (Fsp3) is 0.625. The minimum absolute atomic E-state index is 0.0992. The van der Waals surface area contributed by atoms with Crippen molar-refractivity contribution < 1.29 is 63.5 Å². The molecule has 14 nitrogen and oxygen atoms in total. The van der Waals surface area contributed by atoms with Crippen LogP contribution in [0.5, 0.6) is 11.5 Å². The largest absolute Gasteiger partial charge is 0.497 e. The lowest BCUT2D eigenvalue weighted by molar-refractivity contribution is -0.185. The van der Waals surface area contributed by atoms with E-state index >= 15 is 0 Å². The van der Waals surface area contributed by atoms with Crippen LogP contribution in [0.2, 0.25) is 0 Å². The molecule has 1 aromatic carbocycles. The van der Waals surface area contributed by atoms with Gasteiger partial charge < -0.3 is 54.0 Å². The molecule has 1 saturated heterocycles. The number of fused-ring (bicyclic) bond motifs is 3. The number of esters is 2. The van der Waals surface area contributed by atoms with Crippen LogP contribution in [0.15, 0.2) is 35.6 Å². The van der Waals surface area contributed by atoms with Gasteiger partial charge in [0.15, 0.2) is 17.6 Å². The third-order valence-corrected chi connectivity index (χ3v) is 9.96. The second-order valence-electron chi connectivity index (χ2n) is 12.4. The van der Waals surface area contributed by atoms with E-state index in [9.17, 15) is 35.1 Å². The molecule has 1 saturated carbocycles. The standard InChI is InChI=1S/C32H41NO13/c1-41-28-18-6-9-33-8-5-16-11-20-21(45-15-44-20)13-19(16)23(24(18)33)29(28)46-31(39)32(40,30(38)42-2)7-3-4-10-43-22-12-17(14-34)25(35)27(37)26(22)36/h3-4,11,13,17,22-27,29,34-37,40H,5-10,12,14-15H2,1-2H3/b4-3+/t17?,22?,23-,24-,25?,26?,27?,29-,32+/m0/s1. The summed E-state index contributed by atoms with van der Waals surface area (Å²) in [6, 6.07) is 3.78. The monoisotopic (exact) mass is 647 g/mol. The predicted octanol–water partition coefficient (Wildman–Crippen LogP) is -0.714. The quantitative estimate of drug-likeness (QED) is 0.121. The van der Waals surface area contributed by atoms with Crippen LogP contribution in [0, 0.1) is 5.92 Å². The first-order chi connectivity index (χ1) is 22.1. The van der Waals surface area contributed by atoms with Crippen LogP contribution in [0.4, 0.5) is 0 Å². The average molecular weight is 648 g/mol. The van der Waals surface area contributed by atoms with Crippen molar-refractivity contribution in [1.82, 2.24) is 4.90 Å². The molecule has 9 atom stereocenters. The SMILES string of the molecule is COC(=O)[C@](O)(C/C=C/COC1CC(CO)C(O)C(O)C1O)C(=O)O[C@@H]1C(OC)=C2CCN3CCc4cc5c(cc4[C@H]1[C@H]23)OCO5. The molecule has 1 aromatic rings. The van der Waals surface area contributed by atoms with Crippen LogP contribution in [-0.2, 0) is 35.0 Å². The molecular formula is C32H41NO13. The number of methoxy groups -OCH3 is 2. The molecule has 2 fully saturated rings. The Morgan fingerprint density at radius 2 is 1.76 bits per heavy atom. The highest BCUT2D eigenvalue weighted by Crippen LogP contribution is 2.52. The number of benzene rings is 1. The summed E-state index contributed by atoms with van der Waals surface area (Å²) in [6.45, 7) is 1.20. The van der Waals surface area contributed by atoms with Gasteiger partial charge in [0.25, 0.3) is 5.60 Å². The van der Waals surface area contributed by atoms with E-state index in [0.717, 1.165) is 49.7 Å². The molecule has 5 N–H and O–H groups in total. The molecule has 6 rings (SSSR count). The van der Waals surface area contributed by atoms with Gasteiger partial charge in [-0.2, -0.15) is 0 Å². The number of ether oxygens (including phenoxy) is 6. The molecule has 2 aliphatic carbocycles. The van der Waals surface area contributed by atoms with Crippen molar-refractivity contribution in [1.29, 1.82) is 0 Å². The number of hydrogen-bond donors (Lipinski definition) is 5. The number of carbonyl (C=O) groups excluding carboxylic acids is 2. The lowest BCUT2D eigenvalue weighted by atomic mass is 9.81. The van der Waals surface area contributed by atoms with E-state index in [1.807, 2.05) is 12.1 Å². The summed E-state index contributed by atoms with van der Waals surface area (Å²) in [5.41, 5.74) is 0.274. The third kappa shape index (κ3) is 5.55. The predicted molar refractivity (Wildman–Crippen MR) is 157 cm³/mol. The van der Waals surface area contributed by atoms with Crippen LogP contribution >= 0.6 is 0 Å². The molecule has 0 radical (unpaired) electrons. The Morgan fingerprint density at radius 3 is 2.48 bits per heavy atom. The molecule has 14 heteroatoms. The maximum atomic E-state index is 13.8. The third-order valence-electron chi connectivity index (χ3n) is 9.96. The van der Waals surface area contributed by atoms with Crippen LogP contribution in [0.1, 0.15) is 36.3 Å². The maximum Gasteiger partial charge on any atom is 0.351 e. The van der Waals surface area contributed by atoms with E-state index in [4.69, 9.17) is 28.4 Å². The molecule has 0 amide bonds. The molecule has 3 heterocycles. The number of hydrogen-bond acceptors (Lipinski definition) is 14. The molecule has 0 spiro atoms. The Bertz CT molecular complexity index is 1390. The van der Waals surface area contributed by atoms with E-state index in [-0.39, 0.29) is 31.8 Å². The second kappa shape index (κ2) is 13.1. The van der Waals surface area contributed by atoms with Crippen molar-refractivity contribution in [2.75, 3.05) is 47.3 Å². The lowest BCUT2D eigenvalue weighted by Gasteiger charge is -2.39. The summed E-state index contributed by atoms with van der Waals surface area (Å²) in [5, 5.41) is 51.3. The summed E-state index contributed by atoms with van der Waals surface area (Å²) < 4.78 is 33.6. The summed E-state index contributed by atoms with van der Waals surface area (Å²) in [5.74, 6) is -1.72. The van der Waals surface area contributed by atoms with Crippen molar-refractivity contribution in [3.63, 3.8) is 0 Å². The number of aliphatic hydroxyl groups is 5. The average Bonchev–Trinajstić information content (AvgIpc) is 3.74. The van der Waals surface area contributed by atoms with Gasteiger partial charge in [-0.05, 0) is 48.1 Å². The Kier molecular flexibility index (Phi) is 9.31. The number of carbonyl (C=O) groups is 2. The normalized spacial score (nSPS) is 32.9. The van der Waals surface area contributed by atoms with Gasteiger partial charge in [0.2, 0.25) is 6.79 Å². The molecule has 252 valence electrons. The molecule has 5 aliphatic rings. The summed E-state index contributed by atoms with van der Waals surface area (Å²) in [6.07, 6.45) is -2.11. The van der Waals surface area contributed by atoms with Crippen molar-refractivity contribution in [2.24, 2.45) is 5.92 Å². The van der Waals surface area contributed by atoms with Gasteiger partial charge in [-0.25, -0.2) is 9.59 Å². The van der Waals surface area contributed by atoms with Crippen LogP contribution in [0.3, 0.4) is 0 Å². The molecule has 5 unspecified atom stereocenters. The Balaban J connectivity index is 1.20. The molecular weight excluding hydrogens is 606 g/mol. The van der Waals surface area contributed by atoms with Gasteiger partial charge >= 0.3 is 11.9 Å². The number of rotatable bonds is 10. The van der Waals surface area contributed by atoms with Gasteiger partial charge in [-0.1, -0.05) is 12.2 Å². The van der Waals surface area contributed by atoms with E-state index in [0.29, 0.717) is 17.3 Å². The molecule has 3 aliphatic heterocycles. The topological polar surface area (TPSA) is 194 Å². The highest BCUT2D eigenvalue weighted by molar-refractivity contribution is 6.03. The summed E-state index contributed by atoms with van der Waals surface area (Å²) in [7, 11) is 2.57. The van der Waals surface area contributed by atoms with Gasteiger partial charge in [0, 0.05) is 44.0 Å². The Morgan fingerprint density at radius 1 is 1.02 bits per heavy atom. The first kappa shape index (κ1) is 32.7. The molecule has 46 heavy (non-hydrogen) atoms. The number of aliphatic hydroxyl groups excluding tert-OH is 4. The minimum Gasteiger partial charge on any atom is -0.497 e. The molecule has 0 bridgehead atoms. The van der Waals surface area contributed by atoms with Crippen LogP contribution in [0.25, 0.3) is 0 Å². The van der Waals surface area contributed by atoms with Crippen molar-refractivity contribution in [3.05, 3.63) is 46.7 Å². The van der Waals surface area contributed by atoms with Crippen LogP contribution < -0.4 is 9.47 Å². The van der Waals surface area contributed by atoms with Crippen molar-refractivity contribution in [3.8, 4) is 11.5 Å². The zero-order chi connectivity index (χ0) is 32.7. The minimum atomic E-state index is -2.69. The van der Waals surface area contributed by atoms with E-state index in [1.54, 1.807) is 0 Å². The van der Waals surface area contributed by atoms with Crippen LogP contribution in [-0.4, -0.2) is 132 Å². The summed E-state index contributed by atoms with van der Waals surface area (Å²) in [4.78, 5) is 28.9. The second-order valence-corrected chi connectivity index (χ2v) is 12.4. The Labute approximate surface area is 265 Å². The fourth-order valence-electron chi connectivity index (χ4n) is 7.50. The highest BCUT2D eigenvalue weighted by Gasteiger charge is 2.56. The lowest BCUT2D eigenvalue weighted by Crippen LogP contribution is -2.55. The van der Waals surface area contributed by atoms with Crippen molar-refractivity contribution in [2.45, 2.75) is 73.8 Å². The van der Waals surface area contributed by atoms with Gasteiger partial charge in [-0.15, -0.1) is 0 Å². The Hall–Kier alpha value is -3.24. The molecule has 0 aromatic heterocycles. The van der Waals surface area contributed by atoms with E-state index in [1.165, 1.54) is 19.3 Å². The smallest absolute Gasteiger partial charge is 0.351 e. The highest BCUT2D eigenvalue weighted by atomic mass is 16.7. The van der Waals surface area contributed by atoms with E-state index < -0.39 is 67.0 Å². The van der Waals surface area contributed by atoms with E-state index in [2.05, 4.69) is 4.90 Å². The first-order valence-electron chi connectivity index (χ1n) is 15.5. The first-order valence-corrected chi connectivity index (χ1v) is 15.5. The van der Waals surface area contributed by atoms with Crippen molar-refractivity contribution >= 4 is 11.9 Å². The zero-order valence-corrected chi connectivity index (χ0v) is 25.7. The van der Waals surface area contributed by atoms with Gasteiger partial charge in [0.05, 0.1) is 33.0 Å². The summed E-state index contributed by atoms with van der Waals surface area (Å²) >= 11 is 0. The van der Waals surface area contributed by atoms with Gasteiger partial charge in [0.1, 0.15) is 18.0 Å². The maximum absolute atomic E-state index is 13.8. The number of nitrogens with zero attached hydrogens (tertiary/aromatic N) is 1. The zero-order valence-electron chi connectivity index (χ0n) is 25.7. The fourth-order valence-corrected chi connectivity index (χ4v) is 7.50. The van der Waals surface area contributed by atoms with Gasteiger partial charge in [-0.3, -0.25) is 4.90 Å².